The molecular weight excluding hydrogens is 224 g/mol. The van der Waals surface area contributed by atoms with Crippen molar-refractivity contribution in [2.75, 3.05) is 6.54 Å². The first-order chi connectivity index (χ1) is 8.65. The van der Waals surface area contributed by atoms with E-state index in [2.05, 4.69) is 26.1 Å². The van der Waals surface area contributed by atoms with E-state index in [0.29, 0.717) is 12.1 Å². The van der Waals surface area contributed by atoms with Gasteiger partial charge in [-0.2, -0.15) is 0 Å². The summed E-state index contributed by atoms with van der Waals surface area (Å²) in [7, 11) is 0. The number of unbranched alkanes of at least 4 members (excludes halogenated alkanes) is 2. The first-order valence-corrected chi connectivity index (χ1v) is 7.72. The van der Waals surface area contributed by atoms with Gasteiger partial charge in [-0.15, -0.1) is 0 Å². The number of hydrogen-bond acceptors (Lipinski definition) is 1. The Morgan fingerprint density at radius 3 is 2.44 bits per heavy atom. The van der Waals surface area contributed by atoms with Crippen molar-refractivity contribution in [2.24, 2.45) is 0 Å². The zero-order chi connectivity index (χ0) is 13.4. The highest BCUT2D eigenvalue weighted by molar-refractivity contribution is 5.74. The Kier molecular flexibility index (Phi) is 7.14. The van der Waals surface area contributed by atoms with Crippen LogP contribution in [-0.4, -0.2) is 29.6 Å². The summed E-state index contributed by atoms with van der Waals surface area (Å²) in [6.07, 6.45) is 9.71. The van der Waals surface area contributed by atoms with Crippen LogP contribution in [-0.2, 0) is 0 Å². The number of nitrogens with one attached hydrogen (secondary N) is 1. The van der Waals surface area contributed by atoms with Gasteiger partial charge < -0.3 is 10.2 Å². The van der Waals surface area contributed by atoms with E-state index >= 15 is 0 Å². The van der Waals surface area contributed by atoms with E-state index in [1.165, 1.54) is 32.1 Å². The van der Waals surface area contributed by atoms with Crippen LogP contribution in [0.5, 0.6) is 0 Å². The molecule has 0 saturated heterocycles. The van der Waals surface area contributed by atoms with Gasteiger partial charge in [0.15, 0.2) is 0 Å². The third-order valence-corrected chi connectivity index (χ3v) is 3.82. The minimum absolute atomic E-state index is 0.146. The molecule has 0 bridgehead atoms. The monoisotopic (exact) mass is 254 g/mol. The van der Waals surface area contributed by atoms with Gasteiger partial charge in [-0.3, -0.25) is 0 Å². The highest BCUT2D eigenvalue weighted by atomic mass is 16.2. The van der Waals surface area contributed by atoms with Crippen molar-refractivity contribution in [3.05, 3.63) is 0 Å². The molecule has 0 unspecified atom stereocenters. The highest BCUT2D eigenvalue weighted by Gasteiger charge is 2.21. The first kappa shape index (κ1) is 15.3. The van der Waals surface area contributed by atoms with Gasteiger partial charge in [0.1, 0.15) is 0 Å². The summed E-state index contributed by atoms with van der Waals surface area (Å²) in [5, 5.41) is 3.21. The summed E-state index contributed by atoms with van der Waals surface area (Å²) in [6.45, 7) is 7.30. The number of rotatable bonds is 6. The van der Waals surface area contributed by atoms with Gasteiger partial charge in [-0.05, 0) is 33.1 Å². The van der Waals surface area contributed by atoms with E-state index in [1.807, 2.05) is 4.90 Å². The third-order valence-electron chi connectivity index (χ3n) is 3.82. The molecule has 106 valence electrons. The molecular formula is C15H30N2O. The Bertz CT molecular complexity index is 235. The lowest BCUT2D eigenvalue weighted by Crippen LogP contribution is -2.48. The van der Waals surface area contributed by atoms with Gasteiger partial charge in [-0.1, -0.05) is 39.0 Å². The molecule has 0 aromatic heterocycles. The van der Waals surface area contributed by atoms with Crippen molar-refractivity contribution in [2.45, 2.75) is 84.2 Å². The standard InChI is InChI=1S/C15H30N2O/c1-4-5-9-12-17(13(2)3)15(18)16-14-10-7-6-8-11-14/h13-14H,4-12H2,1-3H3,(H,16,18). The predicted molar refractivity (Wildman–Crippen MR) is 76.8 cm³/mol. The average Bonchev–Trinajstić information content (AvgIpc) is 2.35. The molecule has 3 nitrogen and oxygen atoms in total. The number of amides is 2. The van der Waals surface area contributed by atoms with E-state index in [-0.39, 0.29) is 6.03 Å². The lowest BCUT2D eigenvalue weighted by Gasteiger charge is -2.31. The summed E-state index contributed by atoms with van der Waals surface area (Å²) < 4.78 is 0. The van der Waals surface area contributed by atoms with Crippen LogP contribution in [0.15, 0.2) is 0 Å². The molecule has 0 spiro atoms. The fourth-order valence-electron chi connectivity index (χ4n) is 2.63. The first-order valence-electron chi connectivity index (χ1n) is 7.72. The SMILES string of the molecule is CCCCCN(C(=O)NC1CCCCC1)C(C)C. The van der Waals surface area contributed by atoms with Gasteiger partial charge >= 0.3 is 6.03 Å². The molecule has 0 aromatic rings. The lowest BCUT2D eigenvalue weighted by atomic mass is 9.96. The van der Waals surface area contributed by atoms with Crippen LogP contribution >= 0.6 is 0 Å². The van der Waals surface area contributed by atoms with Crippen LogP contribution in [0.2, 0.25) is 0 Å². The molecule has 0 radical (unpaired) electrons. The predicted octanol–water partition coefficient (Wildman–Crippen LogP) is 3.93. The maximum atomic E-state index is 12.3. The fraction of sp³-hybridized carbons (Fsp3) is 0.933. The van der Waals surface area contributed by atoms with Crippen molar-refractivity contribution in [1.29, 1.82) is 0 Å². The Morgan fingerprint density at radius 2 is 1.89 bits per heavy atom. The van der Waals surface area contributed by atoms with Crippen LogP contribution in [0.1, 0.15) is 72.1 Å². The summed E-state index contributed by atoms with van der Waals surface area (Å²) in [5.41, 5.74) is 0. The number of hydrogen-bond donors (Lipinski definition) is 1. The van der Waals surface area contributed by atoms with Crippen molar-refractivity contribution in [1.82, 2.24) is 10.2 Å². The molecule has 1 rings (SSSR count). The normalized spacial score (nSPS) is 16.9. The van der Waals surface area contributed by atoms with Gasteiger partial charge in [0, 0.05) is 18.6 Å². The Morgan fingerprint density at radius 1 is 1.22 bits per heavy atom. The third kappa shape index (κ3) is 5.28. The van der Waals surface area contributed by atoms with Gasteiger partial charge in [0.2, 0.25) is 0 Å². The molecule has 1 N–H and O–H groups in total. The smallest absolute Gasteiger partial charge is 0.317 e. The van der Waals surface area contributed by atoms with Crippen LogP contribution in [0.4, 0.5) is 4.79 Å². The second kappa shape index (κ2) is 8.39. The summed E-state index contributed by atoms with van der Waals surface area (Å²) in [4.78, 5) is 14.3. The van der Waals surface area contributed by atoms with Crippen LogP contribution < -0.4 is 5.32 Å². The number of carbonyl (C=O) groups is 1. The van der Waals surface area contributed by atoms with Crippen LogP contribution in [0, 0.1) is 0 Å². The molecule has 1 fully saturated rings. The largest absolute Gasteiger partial charge is 0.335 e. The molecule has 2 amide bonds. The lowest BCUT2D eigenvalue weighted by molar-refractivity contribution is 0.174. The maximum absolute atomic E-state index is 12.3. The van der Waals surface area contributed by atoms with Crippen molar-refractivity contribution in [3.8, 4) is 0 Å². The topological polar surface area (TPSA) is 32.3 Å². The van der Waals surface area contributed by atoms with Crippen molar-refractivity contribution < 1.29 is 4.79 Å². The quantitative estimate of drug-likeness (QED) is 0.716. The fourth-order valence-corrected chi connectivity index (χ4v) is 2.63. The zero-order valence-corrected chi connectivity index (χ0v) is 12.4. The number of carbonyl (C=O) groups excluding carboxylic acids is 1. The van der Waals surface area contributed by atoms with E-state index in [0.717, 1.165) is 25.8 Å². The molecule has 0 aromatic carbocycles. The van der Waals surface area contributed by atoms with E-state index in [1.54, 1.807) is 0 Å². The molecule has 18 heavy (non-hydrogen) atoms. The maximum Gasteiger partial charge on any atom is 0.317 e. The minimum atomic E-state index is 0.146. The minimum Gasteiger partial charge on any atom is -0.335 e. The molecule has 0 heterocycles. The van der Waals surface area contributed by atoms with E-state index < -0.39 is 0 Å². The summed E-state index contributed by atoms with van der Waals surface area (Å²) in [5.74, 6) is 0. The molecule has 3 heteroatoms. The van der Waals surface area contributed by atoms with E-state index in [4.69, 9.17) is 0 Å². The summed E-state index contributed by atoms with van der Waals surface area (Å²) in [6, 6.07) is 0.858. The molecule has 1 aliphatic rings. The average molecular weight is 254 g/mol. The molecule has 0 aliphatic heterocycles. The van der Waals surface area contributed by atoms with Gasteiger partial charge in [0.25, 0.3) is 0 Å². The van der Waals surface area contributed by atoms with Crippen molar-refractivity contribution >= 4 is 6.03 Å². The summed E-state index contributed by atoms with van der Waals surface area (Å²) >= 11 is 0. The Labute approximate surface area is 112 Å². The van der Waals surface area contributed by atoms with Crippen molar-refractivity contribution in [3.63, 3.8) is 0 Å². The van der Waals surface area contributed by atoms with Crippen LogP contribution in [0.3, 0.4) is 0 Å². The second-order valence-corrected chi connectivity index (χ2v) is 5.78. The Balaban J connectivity index is 2.37. The molecule has 1 saturated carbocycles. The van der Waals surface area contributed by atoms with Gasteiger partial charge in [0.05, 0.1) is 0 Å². The van der Waals surface area contributed by atoms with Crippen LogP contribution in [0.25, 0.3) is 0 Å². The van der Waals surface area contributed by atoms with E-state index in [9.17, 15) is 4.79 Å². The highest BCUT2D eigenvalue weighted by Crippen LogP contribution is 2.18. The van der Waals surface area contributed by atoms with Gasteiger partial charge in [-0.25, -0.2) is 4.79 Å². The number of nitrogens with zero attached hydrogens (tertiary/aromatic N) is 1. The molecule has 1 aliphatic carbocycles. The zero-order valence-electron chi connectivity index (χ0n) is 12.4. The second-order valence-electron chi connectivity index (χ2n) is 5.78. The molecule has 0 atom stereocenters. The number of urea groups is 1. The Hall–Kier alpha value is -0.730.